The van der Waals surface area contributed by atoms with Crippen molar-refractivity contribution in [3.05, 3.63) is 28.8 Å². The van der Waals surface area contributed by atoms with Crippen LogP contribution in [0.4, 0.5) is 0 Å². The van der Waals surface area contributed by atoms with Crippen LogP contribution >= 0.6 is 0 Å². The molecule has 0 spiro atoms. The zero-order valence-electron chi connectivity index (χ0n) is 10.1. The van der Waals surface area contributed by atoms with Crippen LogP contribution in [0.25, 0.3) is 0 Å². The van der Waals surface area contributed by atoms with Crippen molar-refractivity contribution in [3.63, 3.8) is 0 Å². The van der Waals surface area contributed by atoms with E-state index in [1.165, 1.54) is 11.1 Å². The topological polar surface area (TPSA) is 33.0 Å². The molecule has 2 rings (SSSR count). The molecule has 0 radical (unpaired) electrons. The Bertz CT molecular complexity index is 453. The molecule has 2 nitrogen and oxygen atoms in total. The van der Waals surface area contributed by atoms with Crippen LogP contribution in [0, 0.1) is 25.2 Å². The minimum atomic E-state index is -0.288. The molecule has 0 atom stereocenters. The minimum absolute atomic E-state index is 0.288. The fraction of sp³-hybridized carbons (Fsp3) is 0.500. The molecule has 0 aromatic heterocycles. The van der Waals surface area contributed by atoms with Crippen molar-refractivity contribution in [1.82, 2.24) is 0 Å². The van der Waals surface area contributed by atoms with Gasteiger partial charge in [0.1, 0.15) is 5.75 Å². The normalized spacial score (nSPS) is 17.4. The summed E-state index contributed by atoms with van der Waals surface area (Å²) in [4.78, 5) is 0. The van der Waals surface area contributed by atoms with Gasteiger partial charge in [0.25, 0.3) is 0 Å². The maximum absolute atomic E-state index is 9.36. The standard InChI is InChI=1S/C14H17NO/c1-10-7-12(13(16-3)8-11(10)2)14(9-15)5-4-6-14/h7-8H,4-6H2,1-3H3. The van der Waals surface area contributed by atoms with E-state index in [0.717, 1.165) is 30.6 Å². The second-order valence-electron chi connectivity index (χ2n) is 4.68. The molecule has 0 heterocycles. The molecule has 0 aliphatic heterocycles. The van der Waals surface area contributed by atoms with Gasteiger partial charge in [0.05, 0.1) is 18.6 Å². The lowest BCUT2D eigenvalue weighted by atomic mass is 9.65. The number of benzene rings is 1. The van der Waals surface area contributed by atoms with Crippen molar-refractivity contribution in [2.24, 2.45) is 0 Å². The van der Waals surface area contributed by atoms with Crippen LogP contribution in [-0.4, -0.2) is 7.11 Å². The monoisotopic (exact) mass is 215 g/mol. The van der Waals surface area contributed by atoms with Crippen molar-refractivity contribution >= 4 is 0 Å². The van der Waals surface area contributed by atoms with Gasteiger partial charge in [-0.3, -0.25) is 0 Å². The molecule has 0 N–H and O–H groups in total. The lowest BCUT2D eigenvalue weighted by Crippen LogP contribution is -2.32. The highest BCUT2D eigenvalue weighted by Crippen LogP contribution is 2.47. The van der Waals surface area contributed by atoms with E-state index in [4.69, 9.17) is 4.74 Å². The van der Waals surface area contributed by atoms with Crippen LogP contribution in [0.1, 0.15) is 36.0 Å². The molecule has 84 valence electrons. The molecular weight excluding hydrogens is 198 g/mol. The van der Waals surface area contributed by atoms with Gasteiger partial charge in [-0.1, -0.05) is 6.07 Å². The van der Waals surface area contributed by atoms with Gasteiger partial charge in [-0.25, -0.2) is 0 Å². The van der Waals surface area contributed by atoms with Crippen LogP contribution in [-0.2, 0) is 5.41 Å². The third-order valence-electron chi connectivity index (χ3n) is 3.75. The Hall–Kier alpha value is -1.49. The number of nitriles is 1. The fourth-order valence-corrected chi connectivity index (χ4v) is 2.30. The van der Waals surface area contributed by atoms with Crippen molar-refractivity contribution in [3.8, 4) is 11.8 Å². The molecule has 2 heteroatoms. The quantitative estimate of drug-likeness (QED) is 0.758. The van der Waals surface area contributed by atoms with E-state index in [1.807, 2.05) is 6.07 Å². The average Bonchev–Trinajstić information content (AvgIpc) is 2.22. The summed E-state index contributed by atoms with van der Waals surface area (Å²) in [6.45, 7) is 4.16. The molecule has 1 aliphatic rings. The van der Waals surface area contributed by atoms with Crippen LogP contribution in [0.15, 0.2) is 12.1 Å². The summed E-state index contributed by atoms with van der Waals surface area (Å²) < 4.78 is 5.41. The van der Waals surface area contributed by atoms with Crippen LogP contribution in [0.2, 0.25) is 0 Å². The molecule has 0 unspecified atom stereocenters. The Morgan fingerprint density at radius 3 is 2.31 bits per heavy atom. The SMILES string of the molecule is COc1cc(C)c(C)cc1C1(C#N)CCC1. The Labute approximate surface area is 96.9 Å². The number of ether oxygens (including phenoxy) is 1. The lowest BCUT2D eigenvalue weighted by Gasteiger charge is -2.36. The van der Waals surface area contributed by atoms with E-state index in [0.29, 0.717) is 0 Å². The second kappa shape index (κ2) is 3.83. The molecule has 1 aromatic carbocycles. The summed E-state index contributed by atoms with van der Waals surface area (Å²) in [6.07, 6.45) is 3.06. The van der Waals surface area contributed by atoms with E-state index in [1.54, 1.807) is 7.11 Å². The number of nitrogens with zero attached hydrogens (tertiary/aromatic N) is 1. The lowest BCUT2D eigenvalue weighted by molar-refractivity contribution is 0.306. The number of rotatable bonds is 2. The average molecular weight is 215 g/mol. The fourth-order valence-electron chi connectivity index (χ4n) is 2.30. The summed E-state index contributed by atoms with van der Waals surface area (Å²) >= 11 is 0. The maximum atomic E-state index is 9.36. The summed E-state index contributed by atoms with van der Waals surface area (Å²) in [6, 6.07) is 6.64. The number of aryl methyl sites for hydroxylation is 2. The summed E-state index contributed by atoms with van der Waals surface area (Å²) in [5.74, 6) is 0.865. The predicted octanol–water partition coefficient (Wildman–Crippen LogP) is 3.26. The molecular formula is C14H17NO. The molecule has 0 amide bonds. The largest absolute Gasteiger partial charge is 0.496 e. The zero-order chi connectivity index (χ0) is 11.8. The highest BCUT2D eigenvalue weighted by Gasteiger charge is 2.41. The third-order valence-corrected chi connectivity index (χ3v) is 3.75. The van der Waals surface area contributed by atoms with Gasteiger partial charge in [-0.15, -0.1) is 0 Å². The van der Waals surface area contributed by atoms with E-state index >= 15 is 0 Å². The summed E-state index contributed by atoms with van der Waals surface area (Å²) in [5.41, 5.74) is 3.24. The Morgan fingerprint density at radius 2 is 1.88 bits per heavy atom. The molecule has 0 saturated heterocycles. The van der Waals surface area contributed by atoms with E-state index < -0.39 is 0 Å². The third kappa shape index (κ3) is 1.48. The van der Waals surface area contributed by atoms with E-state index in [9.17, 15) is 5.26 Å². The Morgan fingerprint density at radius 1 is 1.25 bits per heavy atom. The van der Waals surface area contributed by atoms with Crippen LogP contribution < -0.4 is 4.74 Å². The first-order valence-corrected chi connectivity index (χ1v) is 5.70. The smallest absolute Gasteiger partial charge is 0.123 e. The molecule has 1 aliphatic carbocycles. The highest BCUT2D eigenvalue weighted by molar-refractivity contribution is 5.50. The molecule has 1 saturated carbocycles. The van der Waals surface area contributed by atoms with E-state index in [2.05, 4.69) is 26.0 Å². The zero-order valence-corrected chi connectivity index (χ0v) is 10.1. The van der Waals surface area contributed by atoms with E-state index in [-0.39, 0.29) is 5.41 Å². The molecule has 1 fully saturated rings. The van der Waals surface area contributed by atoms with Gasteiger partial charge in [-0.2, -0.15) is 5.26 Å². The Kier molecular flexibility index (Phi) is 2.63. The maximum Gasteiger partial charge on any atom is 0.123 e. The van der Waals surface area contributed by atoms with Crippen LogP contribution in [0.5, 0.6) is 5.75 Å². The van der Waals surface area contributed by atoms with Crippen molar-refractivity contribution < 1.29 is 4.74 Å². The first-order valence-electron chi connectivity index (χ1n) is 5.70. The van der Waals surface area contributed by atoms with Crippen molar-refractivity contribution in [2.45, 2.75) is 38.5 Å². The summed E-state index contributed by atoms with van der Waals surface area (Å²) in [5, 5.41) is 9.36. The molecule has 1 aromatic rings. The van der Waals surface area contributed by atoms with Gasteiger partial charge >= 0.3 is 0 Å². The van der Waals surface area contributed by atoms with Gasteiger partial charge in [0.15, 0.2) is 0 Å². The van der Waals surface area contributed by atoms with Gasteiger partial charge < -0.3 is 4.74 Å². The summed E-state index contributed by atoms with van der Waals surface area (Å²) in [7, 11) is 1.68. The molecule has 0 bridgehead atoms. The Balaban J connectivity index is 2.55. The minimum Gasteiger partial charge on any atom is -0.496 e. The van der Waals surface area contributed by atoms with Crippen molar-refractivity contribution in [1.29, 1.82) is 5.26 Å². The second-order valence-corrected chi connectivity index (χ2v) is 4.68. The first-order chi connectivity index (χ1) is 7.63. The number of methoxy groups -OCH3 is 1. The van der Waals surface area contributed by atoms with Gasteiger partial charge in [0, 0.05) is 5.56 Å². The molecule has 16 heavy (non-hydrogen) atoms. The highest BCUT2D eigenvalue weighted by atomic mass is 16.5. The van der Waals surface area contributed by atoms with Crippen LogP contribution in [0.3, 0.4) is 0 Å². The first kappa shape index (κ1) is 11.0. The van der Waals surface area contributed by atoms with Crippen molar-refractivity contribution in [2.75, 3.05) is 7.11 Å². The number of hydrogen-bond donors (Lipinski definition) is 0. The number of hydrogen-bond acceptors (Lipinski definition) is 2. The predicted molar refractivity (Wildman–Crippen MR) is 63.6 cm³/mol. The van der Waals surface area contributed by atoms with Gasteiger partial charge in [0.2, 0.25) is 0 Å². The van der Waals surface area contributed by atoms with Gasteiger partial charge in [-0.05, 0) is 50.3 Å².